The van der Waals surface area contributed by atoms with E-state index in [1.807, 2.05) is 6.92 Å². The number of ether oxygens (including phenoxy) is 1. The van der Waals surface area contributed by atoms with Crippen LogP contribution < -0.4 is 0 Å². The molecule has 1 aliphatic carbocycles. The number of Topliss-reactive ketones (excluding diaryl/α,β-unsaturated/α-hetero) is 1. The number of ketones is 1. The molecule has 1 fully saturated rings. The third-order valence-corrected chi connectivity index (χ3v) is 3.36. The minimum atomic E-state index is -0.0828. The van der Waals surface area contributed by atoms with E-state index in [4.69, 9.17) is 4.74 Å². The van der Waals surface area contributed by atoms with Crippen molar-refractivity contribution in [1.29, 1.82) is 0 Å². The lowest BCUT2D eigenvalue weighted by Crippen LogP contribution is -2.42. The zero-order chi connectivity index (χ0) is 9.90. The summed E-state index contributed by atoms with van der Waals surface area (Å²) in [7, 11) is 1.73. The SMILES string of the molecule is CCC(C)C(=O)CC1(OC)CCC1. The molecule has 0 heterocycles. The van der Waals surface area contributed by atoms with Crippen molar-refractivity contribution in [3.05, 3.63) is 0 Å². The van der Waals surface area contributed by atoms with Crippen LogP contribution in [0.2, 0.25) is 0 Å². The fourth-order valence-electron chi connectivity index (χ4n) is 1.74. The van der Waals surface area contributed by atoms with Crippen LogP contribution in [0.15, 0.2) is 0 Å². The Kier molecular flexibility index (Phi) is 3.48. The van der Waals surface area contributed by atoms with Crippen molar-refractivity contribution in [2.75, 3.05) is 7.11 Å². The molecule has 0 amide bonds. The van der Waals surface area contributed by atoms with Crippen LogP contribution >= 0.6 is 0 Å². The van der Waals surface area contributed by atoms with Gasteiger partial charge >= 0.3 is 0 Å². The largest absolute Gasteiger partial charge is 0.378 e. The Bertz CT molecular complexity index is 177. The first-order valence-electron chi connectivity index (χ1n) is 5.21. The van der Waals surface area contributed by atoms with Crippen LogP contribution in [0.1, 0.15) is 46.0 Å². The van der Waals surface area contributed by atoms with E-state index in [0.29, 0.717) is 12.2 Å². The van der Waals surface area contributed by atoms with Gasteiger partial charge < -0.3 is 4.74 Å². The molecule has 1 aliphatic rings. The standard InChI is InChI=1S/C11H20O2/c1-4-9(2)10(12)8-11(13-3)6-5-7-11/h9H,4-8H2,1-3H3. The lowest BCUT2D eigenvalue weighted by molar-refractivity contribution is -0.135. The van der Waals surface area contributed by atoms with Gasteiger partial charge in [0.15, 0.2) is 0 Å². The second-order valence-corrected chi connectivity index (χ2v) is 4.19. The molecular formula is C11H20O2. The number of carbonyl (C=O) groups is 1. The molecule has 0 bridgehead atoms. The van der Waals surface area contributed by atoms with Crippen molar-refractivity contribution in [2.45, 2.75) is 51.6 Å². The third-order valence-electron chi connectivity index (χ3n) is 3.36. The molecule has 0 aromatic carbocycles. The highest BCUT2D eigenvalue weighted by Gasteiger charge is 2.39. The van der Waals surface area contributed by atoms with Gasteiger partial charge in [-0.3, -0.25) is 4.79 Å². The van der Waals surface area contributed by atoms with E-state index < -0.39 is 0 Å². The molecule has 76 valence electrons. The van der Waals surface area contributed by atoms with Crippen LogP contribution in [0, 0.1) is 5.92 Å². The topological polar surface area (TPSA) is 26.3 Å². The highest BCUT2D eigenvalue weighted by atomic mass is 16.5. The van der Waals surface area contributed by atoms with Crippen molar-refractivity contribution in [1.82, 2.24) is 0 Å². The van der Waals surface area contributed by atoms with Crippen LogP contribution in [-0.2, 0) is 9.53 Å². The van der Waals surface area contributed by atoms with Gasteiger partial charge in [0.1, 0.15) is 5.78 Å². The monoisotopic (exact) mass is 184 g/mol. The molecule has 1 atom stereocenters. The van der Waals surface area contributed by atoms with Crippen molar-refractivity contribution in [2.24, 2.45) is 5.92 Å². The second kappa shape index (κ2) is 4.23. The molecule has 2 nitrogen and oxygen atoms in total. The maximum atomic E-state index is 11.7. The predicted octanol–water partition coefficient (Wildman–Crippen LogP) is 2.56. The number of hydrogen-bond acceptors (Lipinski definition) is 2. The predicted molar refractivity (Wildman–Crippen MR) is 52.7 cm³/mol. The number of rotatable bonds is 5. The zero-order valence-corrected chi connectivity index (χ0v) is 8.93. The van der Waals surface area contributed by atoms with E-state index in [1.54, 1.807) is 7.11 Å². The molecule has 0 N–H and O–H groups in total. The summed E-state index contributed by atoms with van der Waals surface area (Å²) in [6, 6.07) is 0. The van der Waals surface area contributed by atoms with E-state index in [2.05, 4.69) is 6.92 Å². The van der Waals surface area contributed by atoms with Gasteiger partial charge in [-0.05, 0) is 25.7 Å². The molecule has 1 unspecified atom stereocenters. The summed E-state index contributed by atoms with van der Waals surface area (Å²) < 4.78 is 5.42. The minimum Gasteiger partial charge on any atom is -0.378 e. The normalized spacial score (nSPS) is 22.1. The average molecular weight is 184 g/mol. The highest BCUT2D eigenvalue weighted by molar-refractivity contribution is 5.81. The second-order valence-electron chi connectivity index (χ2n) is 4.19. The van der Waals surface area contributed by atoms with Gasteiger partial charge in [-0.2, -0.15) is 0 Å². The van der Waals surface area contributed by atoms with Crippen LogP contribution in [0.25, 0.3) is 0 Å². The van der Waals surface area contributed by atoms with Crippen LogP contribution in [-0.4, -0.2) is 18.5 Å². The number of methoxy groups -OCH3 is 1. The molecule has 0 aromatic heterocycles. The summed E-state index contributed by atoms with van der Waals surface area (Å²) in [5.41, 5.74) is -0.0828. The Morgan fingerprint density at radius 1 is 1.54 bits per heavy atom. The van der Waals surface area contributed by atoms with Gasteiger partial charge in [-0.15, -0.1) is 0 Å². The molecule has 2 heteroatoms. The van der Waals surface area contributed by atoms with Gasteiger partial charge in [-0.25, -0.2) is 0 Å². The molecule has 0 saturated heterocycles. The Labute approximate surface area is 80.7 Å². The fourth-order valence-corrected chi connectivity index (χ4v) is 1.74. The molecule has 0 aliphatic heterocycles. The van der Waals surface area contributed by atoms with Gasteiger partial charge in [0.25, 0.3) is 0 Å². The smallest absolute Gasteiger partial charge is 0.138 e. The number of carbonyl (C=O) groups excluding carboxylic acids is 1. The Morgan fingerprint density at radius 2 is 2.15 bits per heavy atom. The van der Waals surface area contributed by atoms with E-state index in [1.165, 1.54) is 6.42 Å². The van der Waals surface area contributed by atoms with E-state index in [9.17, 15) is 4.79 Å². The quantitative estimate of drug-likeness (QED) is 0.656. The fraction of sp³-hybridized carbons (Fsp3) is 0.909. The van der Waals surface area contributed by atoms with Crippen molar-refractivity contribution < 1.29 is 9.53 Å². The molecule has 0 aromatic rings. The zero-order valence-electron chi connectivity index (χ0n) is 8.93. The molecular weight excluding hydrogens is 164 g/mol. The molecule has 13 heavy (non-hydrogen) atoms. The minimum absolute atomic E-state index is 0.0828. The Balaban J connectivity index is 2.42. The highest BCUT2D eigenvalue weighted by Crippen LogP contribution is 2.38. The lowest BCUT2D eigenvalue weighted by Gasteiger charge is -2.40. The van der Waals surface area contributed by atoms with Crippen LogP contribution in [0.5, 0.6) is 0 Å². The molecule has 1 rings (SSSR count). The van der Waals surface area contributed by atoms with E-state index >= 15 is 0 Å². The van der Waals surface area contributed by atoms with E-state index in [0.717, 1.165) is 19.3 Å². The van der Waals surface area contributed by atoms with Gasteiger partial charge in [0.2, 0.25) is 0 Å². The maximum Gasteiger partial charge on any atom is 0.138 e. The first-order chi connectivity index (χ1) is 6.13. The first-order valence-corrected chi connectivity index (χ1v) is 5.21. The average Bonchev–Trinajstić information content (AvgIpc) is 2.09. The molecule has 0 radical (unpaired) electrons. The summed E-state index contributed by atoms with van der Waals surface area (Å²) in [5, 5.41) is 0. The summed E-state index contributed by atoms with van der Waals surface area (Å²) in [5.74, 6) is 0.566. The van der Waals surface area contributed by atoms with Gasteiger partial charge in [0, 0.05) is 19.4 Å². The van der Waals surface area contributed by atoms with Crippen molar-refractivity contribution in [3.8, 4) is 0 Å². The van der Waals surface area contributed by atoms with Gasteiger partial charge in [0.05, 0.1) is 5.60 Å². The molecule has 0 spiro atoms. The number of hydrogen-bond donors (Lipinski definition) is 0. The third kappa shape index (κ3) is 2.31. The van der Waals surface area contributed by atoms with Crippen LogP contribution in [0.4, 0.5) is 0 Å². The summed E-state index contributed by atoms with van der Waals surface area (Å²) >= 11 is 0. The summed E-state index contributed by atoms with van der Waals surface area (Å²) in [6.45, 7) is 4.06. The first kappa shape index (κ1) is 10.7. The molecule has 1 saturated carbocycles. The van der Waals surface area contributed by atoms with Gasteiger partial charge in [-0.1, -0.05) is 13.8 Å². The summed E-state index contributed by atoms with van der Waals surface area (Å²) in [4.78, 5) is 11.7. The summed E-state index contributed by atoms with van der Waals surface area (Å²) in [6.07, 6.45) is 4.90. The van der Waals surface area contributed by atoms with Crippen molar-refractivity contribution >= 4 is 5.78 Å². The Hall–Kier alpha value is -0.370. The van der Waals surface area contributed by atoms with Crippen LogP contribution in [0.3, 0.4) is 0 Å². The van der Waals surface area contributed by atoms with Crippen molar-refractivity contribution in [3.63, 3.8) is 0 Å². The van der Waals surface area contributed by atoms with E-state index in [-0.39, 0.29) is 11.5 Å². The maximum absolute atomic E-state index is 11.7. The Morgan fingerprint density at radius 3 is 2.46 bits per heavy atom. The lowest BCUT2D eigenvalue weighted by atomic mass is 9.75.